The van der Waals surface area contributed by atoms with Crippen LogP contribution in [0, 0.1) is 11.8 Å². The highest BCUT2D eigenvalue weighted by molar-refractivity contribution is 4.94. The Kier molecular flexibility index (Phi) is 4.64. The fraction of sp³-hybridized carbons (Fsp3) is 1.00. The van der Waals surface area contributed by atoms with Gasteiger partial charge in [-0.2, -0.15) is 0 Å². The number of rotatable bonds is 4. The molecule has 18 heavy (non-hydrogen) atoms. The largest absolute Gasteiger partial charge is 0.393 e. The summed E-state index contributed by atoms with van der Waals surface area (Å²) in [7, 11) is 0. The van der Waals surface area contributed by atoms with Crippen molar-refractivity contribution in [2.24, 2.45) is 11.8 Å². The standard InChI is InChI=1S/C14H28O4/c1-8(2)6-14(5)7-11(16)9(3)13(18-14)12(17)10(4)15/h8-13,15-17H,6-7H2,1-5H3/i4D. The molecule has 0 amide bonds. The molecule has 108 valence electrons. The Morgan fingerprint density at radius 2 is 2.06 bits per heavy atom. The van der Waals surface area contributed by atoms with Gasteiger partial charge in [-0.3, -0.25) is 0 Å². The van der Waals surface area contributed by atoms with Crippen molar-refractivity contribution in [2.45, 2.75) is 77.5 Å². The van der Waals surface area contributed by atoms with Crippen LogP contribution in [0.4, 0.5) is 0 Å². The molecule has 1 aliphatic rings. The summed E-state index contributed by atoms with van der Waals surface area (Å²) in [5.41, 5.74) is -0.493. The van der Waals surface area contributed by atoms with E-state index in [4.69, 9.17) is 6.11 Å². The molecule has 1 heterocycles. The first-order valence-electron chi connectivity index (χ1n) is 7.42. The molecule has 1 fully saturated rings. The summed E-state index contributed by atoms with van der Waals surface area (Å²) in [6.45, 7) is 7.65. The molecule has 1 rings (SSSR count). The van der Waals surface area contributed by atoms with E-state index in [2.05, 4.69) is 13.8 Å². The summed E-state index contributed by atoms with van der Waals surface area (Å²) in [4.78, 5) is 0. The Labute approximate surface area is 111 Å². The summed E-state index contributed by atoms with van der Waals surface area (Å²) in [5, 5.41) is 29.9. The van der Waals surface area contributed by atoms with E-state index in [1.807, 2.05) is 13.8 Å². The highest BCUT2D eigenvalue weighted by atomic mass is 16.5. The van der Waals surface area contributed by atoms with Gasteiger partial charge >= 0.3 is 0 Å². The average molecular weight is 261 g/mol. The zero-order valence-corrected chi connectivity index (χ0v) is 11.8. The number of hydrogen-bond acceptors (Lipinski definition) is 4. The Morgan fingerprint density at radius 3 is 2.56 bits per heavy atom. The zero-order chi connectivity index (χ0) is 14.8. The normalized spacial score (nSPS) is 41.6. The summed E-state index contributed by atoms with van der Waals surface area (Å²) in [6, 6.07) is 0. The maximum absolute atomic E-state index is 10.2. The number of aliphatic hydroxyl groups is 3. The predicted molar refractivity (Wildman–Crippen MR) is 70.2 cm³/mol. The first-order valence-corrected chi connectivity index (χ1v) is 6.71. The van der Waals surface area contributed by atoms with Gasteiger partial charge in [0.25, 0.3) is 0 Å². The Hall–Kier alpha value is -0.160. The van der Waals surface area contributed by atoms with E-state index in [-0.39, 0.29) is 12.8 Å². The third-order valence-electron chi connectivity index (χ3n) is 3.76. The van der Waals surface area contributed by atoms with Crippen molar-refractivity contribution >= 4 is 0 Å². The molecule has 0 bridgehead atoms. The molecule has 0 aromatic carbocycles. The monoisotopic (exact) mass is 261 g/mol. The van der Waals surface area contributed by atoms with Gasteiger partial charge in [0, 0.05) is 13.7 Å². The number of aliphatic hydroxyl groups excluding tert-OH is 3. The molecule has 1 aliphatic heterocycles. The van der Waals surface area contributed by atoms with Gasteiger partial charge in [-0.15, -0.1) is 0 Å². The van der Waals surface area contributed by atoms with Gasteiger partial charge in [0.05, 0.1) is 23.9 Å². The minimum Gasteiger partial charge on any atom is -0.393 e. The first kappa shape index (κ1) is 14.3. The SMILES string of the molecule is [2H]CC(O)C(O)C1OC(C)(CC(C)C)CC(O)C1C. The molecule has 0 radical (unpaired) electrons. The van der Waals surface area contributed by atoms with Crippen LogP contribution in [0.3, 0.4) is 0 Å². The third kappa shape index (κ3) is 3.67. The maximum Gasteiger partial charge on any atom is 0.106 e. The minimum atomic E-state index is -1.14. The summed E-state index contributed by atoms with van der Waals surface area (Å²) in [6.07, 6.45) is -2.14. The molecule has 4 heteroatoms. The number of ether oxygens (including phenoxy) is 1. The smallest absolute Gasteiger partial charge is 0.106 e. The lowest BCUT2D eigenvalue weighted by atomic mass is 9.78. The molecule has 0 aromatic rings. The number of hydrogen-bond donors (Lipinski definition) is 3. The first-order chi connectivity index (χ1) is 8.70. The summed E-state index contributed by atoms with van der Waals surface area (Å²) < 4.78 is 13.2. The predicted octanol–water partition coefficient (Wildman–Crippen LogP) is 1.32. The Balaban J connectivity index is 2.84. The van der Waals surface area contributed by atoms with E-state index >= 15 is 0 Å². The topological polar surface area (TPSA) is 69.9 Å². The van der Waals surface area contributed by atoms with Gasteiger partial charge in [-0.1, -0.05) is 20.8 Å². The molecule has 0 aliphatic carbocycles. The third-order valence-corrected chi connectivity index (χ3v) is 3.76. The molecule has 0 saturated carbocycles. The summed E-state index contributed by atoms with van der Waals surface area (Å²) in [5.74, 6) is 0.168. The van der Waals surface area contributed by atoms with Gasteiger partial charge in [-0.05, 0) is 26.2 Å². The molecule has 1 saturated heterocycles. The van der Waals surface area contributed by atoms with Crippen LogP contribution in [-0.2, 0) is 4.74 Å². The van der Waals surface area contributed by atoms with Crippen LogP contribution in [-0.4, -0.2) is 45.3 Å². The second-order valence-electron chi connectivity index (χ2n) is 6.32. The Bertz CT molecular complexity index is 287. The van der Waals surface area contributed by atoms with Gasteiger partial charge in [0.1, 0.15) is 6.10 Å². The molecular weight excluding hydrogens is 232 g/mol. The van der Waals surface area contributed by atoms with E-state index < -0.39 is 30.0 Å². The highest BCUT2D eigenvalue weighted by Gasteiger charge is 2.45. The van der Waals surface area contributed by atoms with Crippen molar-refractivity contribution in [3.8, 4) is 0 Å². The van der Waals surface area contributed by atoms with Gasteiger partial charge < -0.3 is 20.1 Å². The van der Waals surface area contributed by atoms with E-state index in [1.54, 1.807) is 0 Å². The fourth-order valence-electron chi connectivity index (χ4n) is 2.93. The maximum atomic E-state index is 10.2. The quantitative estimate of drug-likeness (QED) is 0.714. The molecule has 0 spiro atoms. The lowest BCUT2D eigenvalue weighted by molar-refractivity contribution is -0.226. The molecule has 0 aromatic heterocycles. The lowest BCUT2D eigenvalue weighted by Crippen LogP contribution is -2.55. The van der Waals surface area contributed by atoms with E-state index in [1.165, 1.54) is 0 Å². The van der Waals surface area contributed by atoms with E-state index in [0.717, 1.165) is 6.42 Å². The van der Waals surface area contributed by atoms with Crippen LogP contribution < -0.4 is 0 Å². The van der Waals surface area contributed by atoms with Crippen LogP contribution in [0.25, 0.3) is 0 Å². The molecule has 3 N–H and O–H groups in total. The second-order valence-corrected chi connectivity index (χ2v) is 6.32. The van der Waals surface area contributed by atoms with Crippen molar-refractivity contribution < 1.29 is 21.4 Å². The van der Waals surface area contributed by atoms with Gasteiger partial charge in [0.15, 0.2) is 0 Å². The zero-order valence-electron chi connectivity index (χ0n) is 12.8. The van der Waals surface area contributed by atoms with Gasteiger partial charge in [0.2, 0.25) is 0 Å². The van der Waals surface area contributed by atoms with Crippen molar-refractivity contribution in [3.05, 3.63) is 0 Å². The molecule has 6 unspecified atom stereocenters. The van der Waals surface area contributed by atoms with Crippen molar-refractivity contribution in [3.63, 3.8) is 0 Å². The van der Waals surface area contributed by atoms with Crippen LogP contribution in [0.2, 0.25) is 0 Å². The summed E-state index contributed by atoms with van der Waals surface area (Å²) >= 11 is 0. The van der Waals surface area contributed by atoms with Crippen molar-refractivity contribution in [1.82, 2.24) is 0 Å². The van der Waals surface area contributed by atoms with Gasteiger partial charge in [-0.25, -0.2) is 0 Å². The molecular formula is C14H28O4. The average Bonchev–Trinajstić information content (AvgIpc) is 2.30. The van der Waals surface area contributed by atoms with Crippen LogP contribution in [0.1, 0.15) is 48.8 Å². The molecule has 4 nitrogen and oxygen atoms in total. The van der Waals surface area contributed by atoms with Crippen molar-refractivity contribution in [1.29, 1.82) is 0 Å². The van der Waals surface area contributed by atoms with E-state index in [0.29, 0.717) is 12.3 Å². The van der Waals surface area contributed by atoms with Crippen molar-refractivity contribution in [2.75, 3.05) is 0 Å². The second kappa shape index (κ2) is 5.87. The van der Waals surface area contributed by atoms with Crippen LogP contribution in [0.15, 0.2) is 0 Å². The lowest BCUT2D eigenvalue weighted by Gasteiger charge is -2.47. The highest BCUT2D eigenvalue weighted by Crippen LogP contribution is 2.38. The van der Waals surface area contributed by atoms with Crippen LogP contribution in [0.5, 0.6) is 0 Å². The van der Waals surface area contributed by atoms with Crippen LogP contribution >= 0.6 is 0 Å². The Morgan fingerprint density at radius 1 is 1.44 bits per heavy atom. The minimum absolute atomic E-state index is 0.253. The molecule has 6 atom stereocenters. The van der Waals surface area contributed by atoms with E-state index in [9.17, 15) is 15.3 Å². The fourth-order valence-corrected chi connectivity index (χ4v) is 2.93.